The van der Waals surface area contributed by atoms with Gasteiger partial charge in [0.15, 0.2) is 0 Å². The van der Waals surface area contributed by atoms with E-state index in [4.69, 9.17) is 13.8 Å². The van der Waals surface area contributed by atoms with Gasteiger partial charge in [0, 0.05) is 12.8 Å². The highest BCUT2D eigenvalue weighted by atomic mass is 31.2. The van der Waals surface area contributed by atoms with Gasteiger partial charge < -0.3 is 19.4 Å². The van der Waals surface area contributed by atoms with Gasteiger partial charge in [-0.3, -0.25) is 18.6 Å². The summed E-state index contributed by atoms with van der Waals surface area (Å²) in [5.41, 5.74) is 0. The van der Waals surface area contributed by atoms with Gasteiger partial charge in [-0.05, 0) is 96.0 Å². The van der Waals surface area contributed by atoms with Crippen LogP contribution in [0.15, 0.2) is 72.9 Å². The van der Waals surface area contributed by atoms with Gasteiger partial charge in [0.25, 0.3) is 0 Å². The number of phosphoric acid groups is 1. The Morgan fingerprint density at radius 3 is 1.39 bits per heavy atom. The van der Waals surface area contributed by atoms with Crippen molar-refractivity contribution in [2.24, 2.45) is 0 Å². The van der Waals surface area contributed by atoms with Crippen LogP contribution < -0.4 is 5.32 Å². The van der Waals surface area contributed by atoms with Crippen molar-refractivity contribution in [3.05, 3.63) is 72.9 Å². The molecule has 0 rings (SSSR count). The van der Waals surface area contributed by atoms with Gasteiger partial charge in [-0.15, -0.1) is 0 Å². The number of likely N-dealkylation sites (N-methyl/N-ethyl adjacent to an activating group) is 1. The number of carbonyl (C=O) groups is 2. The number of carbonyl (C=O) groups excluding carboxylic acids is 2. The summed E-state index contributed by atoms with van der Waals surface area (Å²) in [5.74, 6) is -0.591. The molecule has 3 unspecified atom stereocenters. The van der Waals surface area contributed by atoms with Crippen LogP contribution in [0.3, 0.4) is 0 Å². The predicted molar refractivity (Wildman–Crippen MR) is 295 cm³/mol. The summed E-state index contributed by atoms with van der Waals surface area (Å²) in [6, 6.07) is -0.879. The minimum absolute atomic E-state index is 0.0270. The Morgan fingerprint density at radius 1 is 0.507 bits per heavy atom. The summed E-state index contributed by atoms with van der Waals surface area (Å²) in [6.45, 7) is 6.92. The molecule has 69 heavy (non-hydrogen) atoms. The first-order valence-corrected chi connectivity index (χ1v) is 29.8. The lowest BCUT2D eigenvalue weighted by atomic mass is 10.0. The molecule has 1 amide bonds. The quantitative estimate of drug-likeness (QED) is 0.0205. The Hall–Kier alpha value is -2.55. The van der Waals surface area contributed by atoms with E-state index < -0.39 is 20.0 Å². The summed E-state index contributed by atoms with van der Waals surface area (Å²) in [5, 5.41) is 3.02. The number of phosphoric ester groups is 1. The van der Waals surface area contributed by atoms with Crippen LogP contribution in [-0.2, 0) is 27.9 Å². The molecule has 0 aromatic carbocycles. The number of hydrogen-bond acceptors (Lipinski definition) is 6. The summed E-state index contributed by atoms with van der Waals surface area (Å²) >= 11 is 0. The van der Waals surface area contributed by atoms with Crippen LogP contribution in [0.1, 0.15) is 239 Å². The molecule has 0 radical (unpaired) electrons. The van der Waals surface area contributed by atoms with E-state index in [0.29, 0.717) is 30.3 Å². The van der Waals surface area contributed by atoms with E-state index in [2.05, 4.69) is 86.8 Å². The summed E-state index contributed by atoms with van der Waals surface area (Å²) < 4.78 is 30.5. The molecule has 0 fully saturated rings. The topological polar surface area (TPSA) is 111 Å². The van der Waals surface area contributed by atoms with Crippen molar-refractivity contribution in [1.29, 1.82) is 0 Å². The van der Waals surface area contributed by atoms with E-state index in [0.717, 1.165) is 70.6 Å². The van der Waals surface area contributed by atoms with Gasteiger partial charge >= 0.3 is 13.8 Å². The maximum atomic E-state index is 13.5. The Balaban J connectivity index is 5.51. The summed E-state index contributed by atoms with van der Waals surface area (Å²) in [7, 11) is 1.45. The number of amides is 1. The smallest absolute Gasteiger partial charge is 0.456 e. The first kappa shape index (κ1) is 66.5. The first-order valence-electron chi connectivity index (χ1n) is 28.3. The molecule has 2 N–H and O–H groups in total. The molecule has 400 valence electrons. The average molecular weight is 988 g/mol. The maximum absolute atomic E-state index is 13.5. The molecule has 9 nitrogen and oxygen atoms in total. The van der Waals surface area contributed by atoms with Crippen LogP contribution in [-0.4, -0.2) is 74.3 Å². The second-order valence-electron chi connectivity index (χ2n) is 20.1. The molecule has 0 saturated carbocycles. The third-order valence-electron chi connectivity index (χ3n) is 12.1. The Labute approximate surface area is 425 Å². The van der Waals surface area contributed by atoms with E-state index >= 15 is 0 Å². The highest BCUT2D eigenvalue weighted by molar-refractivity contribution is 7.47. The summed E-state index contributed by atoms with van der Waals surface area (Å²) in [4.78, 5) is 37.5. The number of rotatable bonds is 50. The molecule has 0 aliphatic heterocycles. The molecule has 0 aromatic rings. The Bertz CT molecular complexity index is 1420. The van der Waals surface area contributed by atoms with E-state index in [1.54, 1.807) is 0 Å². The zero-order valence-corrected chi connectivity index (χ0v) is 46.4. The molecule has 3 atom stereocenters. The molecule has 0 aliphatic rings. The van der Waals surface area contributed by atoms with Crippen LogP contribution >= 0.6 is 7.82 Å². The minimum atomic E-state index is -4.46. The number of ether oxygens (including phenoxy) is 1. The highest BCUT2D eigenvalue weighted by Gasteiger charge is 2.30. The number of quaternary nitrogens is 1. The van der Waals surface area contributed by atoms with Gasteiger partial charge in [0.1, 0.15) is 19.3 Å². The number of nitrogens with zero attached hydrogens (tertiary/aromatic N) is 1. The number of hydrogen-bond donors (Lipinski definition) is 2. The summed E-state index contributed by atoms with van der Waals surface area (Å²) in [6.07, 6.45) is 61.9. The molecule has 0 saturated heterocycles. The second-order valence-corrected chi connectivity index (χ2v) is 21.6. The average Bonchev–Trinajstić information content (AvgIpc) is 3.31. The molecule has 0 heterocycles. The van der Waals surface area contributed by atoms with Crippen molar-refractivity contribution in [3.63, 3.8) is 0 Å². The van der Waals surface area contributed by atoms with Gasteiger partial charge in [0.05, 0.1) is 33.8 Å². The van der Waals surface area contributed by atoms with E-state index in [1.807, 2.05) is 33.3 Å². The zero-order valence-electron chi connectivity index (χ0n) is 45.5. The lowest BCUT2D eigenvalue weighted by Crippen LogP contribution is -2.47. The molecular weight excluding hydrogens is 880 g/mol. The van der Waals surface area contributed by atoms with E-state index in [-0.39, 0.29) is 31.5 Å². The van der Waals surface area contributed by atoms with Crippen LogP contribution in [0.25, 0.3) is 0 Å². The van der Waals surface area contributed by atoms with Crippen molar-refractivity contribution in [3.8, 4) is 0 Å². The largest absolute Gasteiger partial charge is 0.472 e. The van der Waals surface area contributed by atoms with Crippen LogP contribution in [0, 0.1) is 0 Å². The van der Waals surface area contributed by atoms with E-state index in [1.165, 1.54) is 122 Å². The van der Waals surface area contributed by atoms with Crippen molar-refractivity contribution < 1.29 is 37.3 Å². The fourth-order valence-electron chi connectivity index (χ4n) is 7.69. The normalized spacial score (nSPS) is 14.4. The minimum Gasteiger partial charge on any atom is -0.456 e. The van der Waals surface area contributed by atoms with Crippen LogP contribution in [0.5, 0.6) is 0 Å². The lowest BCUT2D eigenvalue weighted by molar-refractivity contribution is -0.870. The monoisotopic (exact) mass is 988 g/mol. The Kier molecular flexibility index (Phi) is 47.2. The third-order valence-corrected chi connectivity index (χ3v) is 13.1. The first-order chi connectivity index (χ1) is 33.4. The SMILES string of the molecule is CCCCC/C=C\C/C=C\C/C=C\C/C=C\CCCC(=O)OC(/C=C/CCCCCCCCCCCCC)C(COP(=O)(O)OCC[N+](C)(C)C)NC(=O)CCCCC/C=C\CCCCCCCC. The van der Waals surface area contributed by atoms with Crippen molar-refractivity contribution in [2.45, 2.75) is 251 Å². The predicted octanol–water partition coefficient (Wildman–Crippen LogP) is 16.9. The standard InChI is InChI=1S/C59H107N2O7P/c1-7-10-13-16-19-22-25-28-29-30-31-34-37-40-43-46-49-52-59(63)68-57(50-47-44-41-38-35-32-26-23-20-17-14-11-8-2)56(55-67-69(64,65)66-54-53-61(4,5)6)60-58(62)51-48-45-42-39-36-33-27-24-21-18-15-12-9-3/h19,22,28-29,31,33-34,36,40,43,47,50,56-57H,7-18,20-21,23-27,30,32,35,37-39,41-42,44-46,48-49,51-55H2,1-6H3,(H-,60,62,64,65)/p+1/b22-19-,29-28-,34-31-,36-33-,43-40-,50-47+. The molecule has 0 spiro atoms. The second kappa shape index (κ2) is 49.0. The molecule has 0 aromatic heterocycles. The van der Waals surface area contributed by atoms with Gasteiger partial charge in [-0.25, -0.2) is 4.57 Å². The van der Waals surface area contributed by atoms with Gasteiger partial charge in [-0.1, -0.05) is 203 Å². The van der Waals surface area contributed by atoms with Crippen LogP contribution in [0.2, 0.25) is 0 Å². The van der Waals surface area contributed by atoms with E-state index in [9.17, 15) is 19.0 Å². The Morgan fingerprint density at radius 2 is 0.899 bits per heavy atom. The van der Waals surface area contributed by atoms with Crippen molar-refractivity contribution >= 4 is 19.7 Å². The third kappa shape index (κ3) is 50.2. The molecule has 0 aliphatic carbocycles. The van der Waals surface area contributed by atoms with Crippen LogP contribution in [0.4, 0.5) is 0 Å². The van der Waals surface area contributed by atoms with Crippen molar-refractivity contribution in [2.75, 3.05) is 40.9 Å². The zero-order chi connectivity index (χ0) is 50.8. The molecule has 0 bridgehead atoms. The fraction of sp³-hybridized carbons (Fsp3) is 0.763. The molecular formula is C59H108N2O7P+. The van der Waals surface area contributed by atoms with Gasteiger partial charge in [0.2, 0.25) is 5.91 Å². The number of nitrogens with one attached hydrogen (secondary N) is 1. The fourth-order valence-corrected chi connectivity index (χ4v) is 8.43. The number of esters is 1. The van der Waals surface area contributed by atoms with Crippen molar-refractivity contribution in [1.82, 2.24) is 5.32 Å². The lowest BCUT2D eigenvalue weighted by Gasteiger charge is -2.27. The molecule has 10 heteroatoms. The highest BCUT2D eigenvalue weighted by Crippen LogP contribution is 2.43. The van der Waals surface area contributed by atoms with Gasteiger partial charge in [-0.2, -0.15) is 0 Å². The number of unbranched alkanes of at least 4 members (excludes halogenated alkanes) is 24. The number of allylic oxidation sites excluding steroid dienone is 11. The maximum Gasteiger partial charge on any atom is 0.472 e.